The van der Waals surface area contributed by atoms with E-state index in [1.807, 2.05) is 0 Å². The zero-order valence-corrected chi connectivity index (χ0v) is 12.5. The first-order chi connectivity index (χ1) is 8.76. The second-order valence-corrected chi connectivity index (χ2v) is 5.87. The van der Waals surface area contributed by atoms with Crippen LogP contribution in [0.25, 0.3) is 0 Å². The Morgan fingerprint density at radius 2 is 2.17 bits per heavy atom. The van der Waals surface area contributed by atoms with E-state index in [-0.39, 0.29) is 0 Å². The van der Waals surface area contributed by atoms with Gasteiger partial charge in [0, 0.05) is 18.3 Å². The van der Waals surface area contributed by atoms with E-state index >= 15 is 0 Å². The standard InChI is InChI=1S/C16H25NS/c1-3-6-14(12-18)11-17-13(2)9-10-15-7-4-5-8-16(15)17/h4-5,7-8,13-14,18H,3,6,9-12H2,1-2H3. The van der Waals surface area contributed by atoms with Crippen molar-refractivity contribution in [2.45, 2.75) is 45.6 Å². The number of nitrogens with zero attached hydrogens (tertiary/aromatic N) is 1. The van der Waals surface area contributed by atoms with Crippen LogP contribution >= 0.6 is 12.6 Å². The van der Waals surface area contributed by atoms with Crippen molar-refractivity contribution in [3.8, 4) is 0 Å². The summed E-state index contributed by atoms with van der Waals surface area (Å²) < 4.78 is 0. The molecule has 0 bridgehead atoms. The summed E-state index contributed by atoms with van der Waals surface area (Å²) in [5.74, 6) is 1.71. The quantitative estimate of drug-likeness (QED) is 0.780. The summed E-state index contributed by atoms with van der Waals surface area (Å²) in [7, 11) is 0. The fraction of sp³-hybridized carbons (Fsp3) is 0.625. The monoisotopic (exact) mass is 263 g/mol. The Morgan fingerprint density at radius 3 is 2.89 bits per heavy atom. The molecule has 0 aliphatic carbocycles. The van der Waals surface area contributed by atoms with Crippen LogP contribution in [0.15, 0.2) is 24.3 Å². The summed E-state index contributed by atoms with van der Waals surface area (Å²) in [6.07, 6.45) is 5.06. The van der Waals surface area contributed by atoms with Gasteiger partial charge in [-0.05, 0) is 49.5 Å². The van der Waals surface area contributed by atoms with E-state index in [1.54, 1.807) is 0 Å². The molecule has 18 heavy (non-hydrogen) atoms. The molecule has 2 unspecified atom stereocenters. The molecular weight excluding hydrogens is 238 g/mol. The predicted molar refractivity (Wildman–Crippen MR) is 83.8 cm³/mol. The Kier molecular flexibility index (Phi) is 4.99. The van der Waals surface area contributed by atoms with E-state index < -0.39 is 0 Å². The third-order valence-electron chi connectivity index (χ3n) is 4.07. The normalized spacial score (nSPS) is 20.6. The van der Waals surface area contributed by atoms with Gasteiger partial charge in [-0.2, -0.15) is 12.6 Å². The Balaban J connectivity index is 2.15. The predicted octanol–water partition coefficient (Wildman–Crippen LogP) is 4.17. The van der Waals surface area contributed by atoms with Crippen LogP contribution in [0.5, 0.6) is 0 Å². The first-order valence-corrected chi connectivity index (χ1v) is 7.85. The smallest absolute Gasteiger partial charge is 0.0401 e. The Hall–Kier alpha value is -0.630. The van der Waals surface area contributed by atoms with Gasteiger partial charge in [-0.25, -0.2) is 0 Å². The lowest BCUT2D eigenvalue weighted by Gasteiger charge is -2.39. The minimum atomic E-state index is 0.666. The van der Waals surface area contributed by atoms with Crippen LogP contribution in [0.3, 0.4) is 0 Å². The lowest BCUT2D eigenvalue weighted by Crippen LogP contribution is -2.41. The van der Waals surface area contributed by atoms with Gasteiger partial charge in [-0.1, -0.05) is 31.5 Å². The molecule has 0 fully saturated rings. The van der Waals surface area contributed by atoms with Crippen molar-refractivity contribution >= 4 is 18.3 Å². The van der Waals surface area contributed by atoms with E-state index in [1.165, 1.54) is 36.9 Å². The van der Waals surface area contributed by atoms with Crippen molar-refractivity contribution in [1.29, 1.82) is 0 Å². The molecule has 0 spiro atoms. The van der Waals surface area contributed by atoms with Gasteiger partial charge in [0.05, 0.1) is 0 Å². The number of fused-ring (bicyclic) bond motifs is 1. The molecule has 1 aliphatic heterocycles. The largest absolute Gasteiger partial charge is 0.368 e. The van der Waals surface area contributed by atoms with Gasteiger partial charge >= 0.3 is 0 Å². The molecule has 2 heteroatoms. The van der Waals surface area contributed by atoms with Crippen molar-refractivity contribution in [2.75, 3.05) is 17.2 Å². The van der Waals surface area contributed by atoms with Gasteiger partial charge in [0.2, 0.25) is 0 Å². The van der Waals surface area contributed by atoms with Crippen molar-refractivity contribution in [1.82, 2.24) is 0 Å². The third-order valence-corrected chi connectivity index (χ3v) is 4.59. The zero-order valence-electron chi connectivity index (χ0n) is 11.6. The molecule has 0 saturated carbocycles. The summed E-state index contributed by atoms with van der Waals surface area (Å²) in [5, 5.41) is 0. The highest BCUT2D eigenvalue weighted by atomic mass is 32.1. The maximum atomic E-state index is 4.52. The lowest BCUT2D eigenvalue weighted by atomic mass is 9.94. The SMILES string of the molecule is CCCC(CS)CN1c2ccccc2CCC1C. The lowest BCUT2D eigenvalue weighted by molar-refractivity contribution is 0.470. The molecule has 1 aromatic rings. The average molecular weight is 263 g/mol. The van der Waals surface area contributed by atoms with Gasteiger partial charge < -0.3 is 4.90 Å². The summed E-state index contributed by atoms with van der Waals surface area (Å²) >= 11 is 4.52. The average Bonchev–Trinajstić information content (AvgIpc) is 2.41. The second-order valence-electron chi connectivity index (χ2n) is 5.51. The molecular formula is C16H25NS. The first-order valence-electron chi connectivity index (χ1n) is 7.21. The summed E-state index contributed by atoms with van der Waals surface area (Å²) in [5.41, 5.74) is 2.98. The molecule has 1 nitrogen and oxygen atoms in total. The molecule has 0 radical (unpaired) electrons. The molecule has 1 aliphatic rings. The number of benzene rings is 1. The first kappa shape index (κ1) is 13.8. The van der Waals surface area contributed by atoms with Crippen LogP contribution in [0.2, 0.25) is 0 Å². The third kappa shape index (κ3) is 3.03. The molecule has 1 aromatic carbocycles. The second kappa shape index (κ2) is 6.51. The van der Waals surface area contributed by atoms with E-state index in [4.69, 9.17) is 0 Å². The highest BCUT2D eigenvalue weighted by molar-refractivity contribution is 7.80. The van der Waals surface area contributed by atoms with Gasteiger partial charge in [0.25, 0.3) is 0 Å². The van der Waals surface area contributed by atoms with Crippen molar-refractivity contribution in [2.24, 2.45) is 5.92 Å². The van der Waals surface area contributed by atoms with Crippen LogP contribution in [-0.2, 0) is 6.42 Å². The van der Waals surface area contributed by atoms with E-state index in [0.29, 0.717) is 12.0 Å². The van der Waals surface area contributed by atoms with Crippen LogP contribution in [-0.4, -0.2) is 18.3 Å². The molecule has 0 aromatic heterocycles. The van der Waals surface area contributed by atoms with Crippen LogP contribution in [0, 0.1) is 5.92 Å². The maximum Gasteiger partial charge on any atom is 0.0401 e. The number of aryl methyl sites for hydroxylation is 1. The fourth-order valence-electron chi connectivity index (χ4n) is 2.97. The Morgan fingerprint density at radius 1 is 1.39 bits per heavy atom. The topological polar surface area (TPSA) is 3.24 Å². The number of rotatable bonds is 5. The minimum Gasteiger partial charge on any atom is -0.368 e. The van der Waals surface area contributed by atoms with Crippen LogP contribution in [0.4, 0.5) is 5.69 Å². The Labute approximate surface area is 117 Å². The van der Waals surface area contributed by atoms with Gasteiger partial charge in [-0.15, -0.1) is 0 Å². The molecule has 100 valence electrons. The minimum absolute atomic E-state index is 0.666. The van der Waals surface area contributed by atoms with E-state index in [2.05, 4.69) is 55.6 Å². The molecule has 2 rings (SSSR count). The van der Waals surface area contributed by atoms with E-state index in [0.717, 1.165) is 12.3 Å². The van der Waals surface area contributed by atoms with Crippen molar-refractivity contribution < 1.29 is 0 Å². The number of hydrogen-bond donors (Lipinski definition) is 1. The van der Waals surface area contributed by atoms with Crippen molar-refractivity contribution in [3.05, 3.63) is 29.8 Å². The number of anilines is 1. The summed E-state index contributed by atoms with van der Waals surface area (Å²) in [6.45, 7) is 5.79. The van der Waals surface area contributed by atoms with Crippen LogP contribution < -0.4 is 4.90 Å². The van der Waals surface area contributed by atoms with Crippen molar-refractivity contribution in [3.63, 3.8) is 0 Å². The summed E-state index contributed by atoms with van der Waals surface area (Å²) in [6, 6.07) is 9.56. The molecule has 2 atom stereocenters. The number of para-hydroxylation sites is 1. The highest BCUT2D eigenvalue weighted by Crippen LogP contribution is 2.31. The summed E-state index contributed by atoms with van der Waals surface area (Å²) in [4.78, 5) is 2.61. The maximum absolute atomic E-state index is 4.52. The van der Waals surface area contributed by atoms with E-state index in [9.17, 15) is 0 Å². The Bertz CT molecular complexity index is 377. The fourth-order valence-corrected chi connectivity index (χ4v) is 3.26. The molecule has 0 amide bonds. The zero-order chi connectivity index (χ0) is 13.0. The number of thiol groups is 1. The molecule has 1 heterocycles. The highest BCUT2D eigenvalue weighted by Gasteiger charge is 2.24. The van der Waals surface area contributed by atoms with Gasteiger partial charge in [-0.3, -0.25) is 0 Å². The van der Waals surface area contributed by atoms with Crippen LogP contribution in [0.1, 0.15) is 38.7 Å². The van der Waals surface area contributed by atoms with Gasteiger partial charge in [0.15, 0.2) is 0 Å². The number of hydrogen-bond acceptors (Lipinski definition) is 2. The molecule has 0 saturated heterocycles. The van der Waals surface area contributed by atoms with Gasteiger partial charge in [0.1, 0.15) is 0 Å². The molecule has 0 N–H and O–H groups in total.